The molecule has 1 aromatic carbocycles. The van der Waals surface area contributed by atoms with Gasteiger partial charge in [0, 0.05) is 39.6 Å². The van der Waals surface area contributed by atoms with Crippen LogP contribution in [0.2, 0.25) is 0 Å². The zero-order chi connectivity index (χ0) is 18.9. The van der Waals surface area contributed by atoms with E-state index in [-0.39, 0.29) is 0 Å². The van der Waals surface area contributed by atoms with Gasteiger partial charge in [-0.1, -0.05) is 13.0 Å². The highest BCUT2D eigenvalue weighted by atomic mass is 16.5. The van der Waals surface area contributed by atoms with Crippen molar-refractivity contribution in [1.29, 1.82) is 0 Å². The van der Waals surface area contributed by atoms with Crippen molar-refractivity contribution in [2.75, 3.05) is 27.8 Å². The predicted molar refractivity (Wildman–Crippen MR) is 106 cm³/mol. The van der Waals surface area contributed by atoms with Crippen molar-refractivity contribution in [3.8, 4) is 11.5 Å². The summed E-state index contributed by atoms with van der Waals surface area (Å²) in [6.45, 7) is 4.22. The van der Waals surface area contributed by atoms with Crippen LogP contribution in [0.4, 0.5) is 0 Å². The third-order valence-corrected chi connectivity index (χ3v) is 4.16. The minimum absolute atomic E-state index is 0.661. The van der Waals surface area contributed by atoms with Crippen molar-refractivity contribution in [1.82, 2.24) is 14.8 Å². The van der Waals surface area contributed by atoms with Gasteiger partial charge in [-0.25, -0.2) is 0 Å². The number of aromatic nitrogens is 1. The number of hydrogen-bond acceptors (Lipinski definition) is 3. The van der Waals surface area contributed by atoms with E-state index >= 15 is 0 Å². The summed E-state index contributed by atoms with van der Waals surface area (Å²) in [5.74, 6) is 2.38. The quantitative estimate of drug-likeness (QED) is 0.582. The highest BCUT2D eigenvalue weighted by Crippen LogP contribution is 2.28. The fourth-order valence-corrected chi connectivity index (χ4v) is 2.70. The SMILES string of the molecule is CCCOc1ccc(CNC(=NC)N(C)Cc2cccn2C)cc1OC. The molecule has 0 unspecified atom stereocenters. The summed E-state index contributed by atoms with van der Waals surface area (Å²) in [4.78, 5) is 6.48. The second kappa shape index (κ2) is 9.75. The van der Waals surface area contributed by atoms with Gasteiger partial charge in [0.25, 0.3) is 0 Å². The Morgan fingerprint density at radius 2 is 2.08 bits per heavy atom. The lowest BCUT2D eigenvalue weighted by Crippen LogP contribution is -2.38. The topological polar surface area (TPSA) is 51.0 Å². The number of guanidine groups is 1. The summed E-state index contributed by atoms with van der Waals surface area (Å²) < 4.78 is 13.3. The standard InChI is InChI=1S/C20H30N4O2/c1-6-12-26-18-10-9-16(13-19(18)25-5)14-22-20(21-2)24(4)15-17-8-7-11-23(17)3/h7-11,13H,6,12,14-15H2,1-5H3,(H,21,22). The van der Waals surface area contributed by atoms with E-state index < -0.39 is 0 Å². The molecule has 0 aliphatic heterocycles. The Balaban J connectivity index is 1.98. The molecule has 0 amide bonds. The largest absolute Gasteiger partial charge is 0.493 e. The molecule has 0 atom stereocenters. The lowest BCUT2D eigenvalue weighted by molar-refractivity contribution is 0.294. The lowest BCUT2D eigenvalue weighted by atomic mass is 10.2. The number of methoxy groups -OCH3 is 1. The molecule has 0 saturated heterocycles. The third-order valence-electron chi connectivity index (χ3n) is 4.16. The molecule has 6 nitrogen and oxygen atoms in total. The van der Waals surface area contributed by atoms with E-state index in [4.69, 9.17) is 9.47 Å². The average molecular weight is 358 g/mol. The first-order valence-corrected chi connectivity index (χ1v) is 8.90. The fourth-order valence-electron chi connectivity index (χ4n) is 2.70. The molecule has 0 bridgehead atoms. The molecule has 1 heterocycles. The second-order valence-electron chi connectivity index (χ2n) is 6.20. The van der Waals surface area contributed by atoms with Crippen LogP contribution in [0, 0.1) is 0 Å². The maximum atomic E-state index is 5.71. The summed E-state index contributed by atoms with van der Waals surface area (Å²) >= 11 is 0. The van der Waals surface area contributed by atoms with Crippen molar-refractivity contribution < 1.29 is 9.47 Å². The lowest BCUT2D eigenvalue weighted by Gasteiger charge is -2.22. The zero-order valence-corrected chi connectivity index (χ0v) is 16.5. The molecule has 6 heteroatoms. The Kier molecular flexibility index (Phi) is 7.38. The number of aryl methyl sites for hydroxylation is 1. The van der Waals surface area contributed by atoms with Gasteiger partial charge >= 0.3 is 0 Å². The van der Waals surface area contributed by atoms with Crippen molar-refractivity contribution in [3.05, 3.63) is 47.8 Å². The molecule has 0 spiro atoms. The van der Waals surface area contributed by atoms with Crippen LogP contribution in [0.15, 0.2) is 41.5 Å². The van der Waals surface area contributed by atoms with Crippen LogP contribution in [-0.4, -0.2) is 43.2 Å². The maximum Gasteiger partial charge on any atom is 0.194 e. The van der Waals surface area contributed by atoms with Gasteiger partial charge in [-0.15, -0.1) is 0 Å². The molecule has 0 radical (unpaired) electrons. The molecule has 26 heavy (non-hydrogen) atoms. The highest BCUT2D eigenvalue weighted by molar-refractivity contribution is 5.79. The van der Waals surface area contributed by atoms with E-state index in [1.54, 1.807) is 14.2 Å². The smallest absolute Gasteiger partial charge is 0.194 e. The molecule has 2 rings (SSSR count). The van der Waals surface area contributed by atoms with E-state index in [9.17, 15) is 0 Å². The number of nitrogens with zero attached hydrogens (tertiary/aromatic N) is 3. The molecule has 0 aliphatic rings. The summed E-state index contributed by atoms with van der Waals surface area (Å²) in [6, 6.07) is 10.2. The van der Waals surface area contributed by atoms with E-state index in [2.05, 4.69) is 32.8 Å². The molecular formula is C20H30N4O2. The van der Waals surface area contributed by atoms with Crippen LogP contribution in [0.3, 0.4) is 0 Å². The molecule has 0 fully saturated rings. The number of rotatable bonds is 8. The van der Waals surface area contributed by atoms with Gasteiger partial charge in [-0.05, 0) is 36.2 Å². The van der Waals surface area contributed by atoms with Crippen LogP contribution in [0.1, 0.15) is 24.6 Å². The summed E-state index contributed by atoms with van der Waals surface area (Å²) in [6.07, 6.45) is 3.02. The van der Waals surface area contributed by atoms with Gasteiger partial charge in [0.2, 0.25) is 0 Å². The van der Waals surface area contributed by atoms with Gasteiger partial charge in [0.05, 0.1) is 20.3 Å². The second-order valence-corrected chi connectivity index (χ2v) is 6.20. The minimum atomic E-state index is 0.661. The predicted octanol–water partition coefficient (Wildman–Crippen LogP) is 3.03. The third kappa shape index (κ3) is 5.18. The molecule has 142 valence electrons. The summed E-state index contributed by atoms with van der Waals surface area (Å²) in [7, 11) is 7.54. The van der Waals surface area contributed by atoms with Crippen LogP contribution < -0.4 is 14.8 Å². The van der Waals surface area contributed by atoms with E-state index in [1.807, 2.05) is 44.6 Å². The van der Waals surface area contributed by atoms with Gasteiger partial charge in [0.1, 0.15) is 0 Å². The first-order chi connectivity index (χ1) is 12.6. The molecule has 1 aromatic heterocycles. The minimum Gasteiger partial charge on any atom is -0.493 e. The van der Waals surface area contributed by atoms with E-state index in [0.29, 0.717) is 13.2 Å². The van der Waals surface area contributed by atoms with Crippen molar-refractivity contribution in [2.24, 2.45) is 12.0 Å². The van der Waals surface area contributed by atoms with Gasteiger partial charge < -0.3 is 24.3 Å². The Hall–Kier alpha value is -2.63. The fraction of sp³-hybridized carbons (Fsp3) is 0.450. The summed E-state index contributed by atoms with van der Waals surface area (Å²) in [5.41, 5.74) is 2.34. The van der Waals surface area contributed by atoms with Crippen molar-refractivity contribution >= 4 is 5.96 Å². The number of benzene rings is 1. The monoisotopic (exact) mass is 358 g/mol. The van der Waals surface area contributed by atoms with Crippen LogP contribution in [-0.2, 0) is 20.1 Å². The Labute approximate surface area is 156 Å². The molecule has 2 aromatic rings. The Bertz CT molecular complexity index is 724. The van der Waals surface area contributed by atoms with Crippen molar-refractivity contribution in [3.63, 3.8) is 0 Å². The van der Waals surface area contributed by atoms with E-state index in [1.165, 1.54) is 5.69 Å². The number of aliphatic imine (C=N–C) groups is 1. The van der Waals surface area contributed by atoms with Crippen LogP contribution in [0.25, 0.3) is 0 Å². The maximum absolute atomic E-state index is 5.71. The zero-order valence-electron chi connectivity index (χ0n) is 16.5. The Morgan fingerprint density at radius 3 is 2.69 bits per heavy atom. The van der Waals surface area contributed by atoms with Crippen molar-refractivity contribution in [2.45, 2.75) is 26.4 Å². The number of ether oxygens (including phenoxy) is 2. The van der Waals surface area contributed by atoms with Crippen LogP contribution in [0.5, 0.6) is 11.5 Å². The average Bonchev–Trinajstić information content (AvgIpc) is 3.05. The van der Waals surface area contributed by atoms with Gasteiger partial charge in [-0.2, -0.15) is 0 Å². The van der Waals surface area contributed by atoms with E-state index in [0.717, 1.165) is 36.0 Å². The number of hydrogen-bond donors (Lipinski definition) is 1. The van der Waals surface area contributed by atoms with Gasteiger partial charge in [0.15, 0.2) is 17.5 Å². The molecule has 1 N–H and O–H groups in total. The highest BCUT2D eigenvalue weighted by Gasteiger charge is 2.10. The molecular weight excluding hydrogens is 328 g/mol. The summed E-state index contributed by atoms with van der Waals surface area (Å²) in [5, 5.41) is 3.40. The Morgan fingerprint density at radius 1 is 1.27 bits per heavy atom. The number of nitrogens with one attached hydrogen (secondary N) is 1. The van der Waals surface area contributed by atoms with Gasteiger partial charge in [-0.3, -0.25) is 4.99 Å². The molecule has 0 saturated carbocycles. The van der Waals surface area contributed by atoms with Crippen LogP contribution >= 0.6 is 0 Å². The normalized spacial score (nSPS) is 11.3. The first kappa shape index (κ1) is 19.7. The molecule has 0 aliphatic carbocycles. The first-order valence-electron chi connectivity index (χ1n) is 8.90.